The lowest BCUT2D eigenvalue weighted by Crippen LogP contribution is -2.30. The summed E-state index contributed by atoms with van der Waals surface area (Å²) in [5, 5.41) is 2.76. The maximum absolute atomic E-state index is 12.4. The Kier molecular flexibility index (Phi) is 5.65. The van der Waals surface area contributed by atoms with E-state index in [2.05, 4.69) is 10.3 Å². The first kappa shape index (κ1) is 19.4. The summed E-state index contributed by atoms with van der Waals surface area (Å²) in [6.07, 6.45) is -0.980. The van der Waals surface area contributed by atoms with E-state index in [-0.39, 0.29) is 11.5 Å². The zero-order valence-corrected chi connectivity index (χ0v) is 15.9. The molecule has 0 fully saturated rings. The standard InChI is InChI=1S/C20H24N2O4/c1-10-7-8-16(11(2)9-10)22-19(24)15(6)26-20(25)18-12(3)17(14(5)23)13(4)21-18/h7-9,15,21H,1-6H3,(H,22,24). The molecular weight excluding hydrogens is 332 g/mol. The molecule has 0 aliphatic carbocycles. The largest absolute Gasteiger partial charge is 0.448 e. The summed E-state index contributed by atoms with van der Waals surface area (Å²) in [4.78, 5) is 39.3. The fourth-order valence-corrected chi connectivity index (χ4v) is 2.94. The second-order valence-corrected chi connectivity index (χ2v) is 6.54. The minimum absolute atomic E-state index is 0.129. The molecule has 26 heavy (non-hydrogen) atoms. The molecule has 0 saturated carbocycles. The number of anilines is 1. The molecule has 0 spiro atoms. The number of hydrogen-bond acceptors (Lipinski definition) is 4. The van der Waals surface area contributed by atoms with E-state index in [0.717, 1.165) is 11.1 Å². The Morgan fingerprint density at radius 2 is 1.77 bits per heavy atom. The third-order valence-electron chi connectivity index (χ3n) is 4.29. The molecule has 0 aliphatic rings. The highest BCUT2D eigenvalue weighted by molar-refractivity contribution is 6.02. The predicted molar refractivity (Wildman–Crippen MR) is 99.7 cm³/mol. The van der Waals surface area contributed by atoms with Gasteiger partial charge in [0.1, 0.15) is 5.69 Å². The first-order valence-corrected chi connectivity index (χ1v) is 8.41. The fourth-order valence-electron chi connectivity index (χ4n) is 2.94. The number of rotatable bonds is 5. The molecule has 2 aromatic rings. The van der Waals surface area contributed by atoms with E-state index in [4.69, 9.17) is 4.74 Å². The lowest BCUT2D eigenvalue weighted by atomic mass is 10.1. The summed E-state index contributed by atoms with van der Waals surface area (Å²) in [6.45, 7) is 10.2. The Morgan fingerprint density at radius 3 is 2.31 bits per heavy atom. The minimum atomic E-state index is -0.980. The van der Waals surface area contributed by atoms with Crippen LogP contribution in [-0.2, 0) is 9.53 Å². The van der Waals surface area contributed by atoms with Crippen molar-refractivity contribution in [3.8, 4) is 0 Å². The van der Waals surface area contributed by atoms with Gasteiger partial charge < -0.3 is 15.0 Å². The number of aromatic amines is 1. The van der Waals surface area contributed by atoms with Crippen molar-refractivity contribution >= 4 is 23.3 Å². The van der Waals surface area contributed by atoms with E-state index in [0.29, 0.717) is 22.5 Å². The Labute approximate surface area is 152 Å². The van der Waals surface area contributed by atoms with Gasteiger partial charge in [-0.15, -0.1) is 0 Å². The van der Waals surface area contributed by atoms with Crippen LogP contribution in [0.5, 0.6) is 0 Å². The van der Waals surface area contributed by atoms with Crippen LogP contribution in [0.3, 0.4) is 0 Å². The molecule has 0 saturated heterocycles. The number of aryl methyl sites for hydroxylation is 3. The van der Waals surface area contributed by atoms with Gasteiger partial charge in [0, 0.05) is 16.9 Å². The number of aromatic nitrogens is 1. The van der Waals surface area contributed by atoms with E-state index in [1.165, 1.54) is 13.8 Å². The molecule has 6 heteroatoms. The maximum Gasteiger partial charge on any atom is 0.355 e. The molecule has 1 amide bonds. The molecule has 0 aliphatic heterocycles. The first-order valence-electron chi connectivity index (χ1n) is 8.41. The van der Waals surface area contributed by atoms with Gasteiger partial charge in [-0.3, -0.25) is 9.59 Å². The van der Waals surface area contributed by atoms with Crippen molar-refractivity contribution in [1.29, 1.82) is 0 Å². The number of Topliss-reactive ketones (excluding diaryl/α,β-unsaturated/α-hetero) is 1. The van der Waals surface area contributed by atoms with Gasteiger partial charge in [-0.05, 0) is 58.7 Å². The van der Waals surface area contributed by atoms with Crippen molar-refractivity contribution < 1.29 is 19.1 Å². The second kappa shape index (κ2) is 7.56. The van der Waals surface area contributed by atoms with Crippen molar-refractivity contribution in [1.82, 2.24) is 4.98 Å². The summed E-state index contributed by atoms with van der Waals surface area (Å²) in [5.41, 5.74) is 4.51. The molecule has 6 nitrogen and oxygen atoms in total. The molecule has 1 unspecified atom stereocenters. The van der Waals surface area contributed by atoms with Crippen LogP contribution < -0.4 is 5.32 Å². The molecule has 0 bridgehead atoms. The van der Waals surface area contributed by atoms with Crippen LogP contribution in [0.2, 0.25) is 0 Å². The van der Waals surface area contributed by atoms with Gasteiger partial charge in [0.2, 0.25) is 0 Å². The Balaban J connectivity index is 2.10. The molecular formula is C20H24N2O4. The molecule has 1 aromatic heterocycles. The Hall–Kier alpha value is -2.89. The molecule has 0 radical (unpaired) electrons. The number of ketones is 1. The zero-order valence-electron chi connectivity index (χ0n) is 15.9. The van der Waals surface area contributed by atoms with Crippen molar-refractivity contribution in [3.63, 3.8) is 0 Å². The molecule has 1 atom stereocenters. The molecule has 138 valence electrons. The average Bonchev–Trinajstić information content (AvgIpc) is 2.84. The van der Waals surface area contributed by atoms with Crippen molar-refractivity contribution in [2.45, 2.75) is 47.6 Å². The van der Waals surface area contributed by atoms with Crippen LogP contribution in [0.15, 0.2) is 18.2 Å². The molecule has 1 heterocycles. The number of esters is 1. The quantitative estimate of drug-likeness (QED) is 0.632. The highest BCUT2D eigenvalue weighted by Gasteiger charge is 2.24. The van der Waals surface area contributed by atoms with Gasteiger partial charge in [-0.2, -0.15) is 0 Å². The van der Waals surface area contributed by atoms with Gasteiger partial charge >= 0.3 is 5.97 Å². The third kappa shape index (κ3) is 4.02. The number of benzene rings is 1. The third-order valence-corrected chi connectivity index (χ3v) is 4.29. The Bertz CT molecular complexity index is 880. The summed E-state index contributed by atoms with van der Waals surface area (Å²) in [5.74, 6) is -1.21. The van der Waals surface area contributed by atoms with Crippen LogP contribution >= 0.6 is 0 Å². The lowest BCUT2D eigenvalue weighted by molar-refractivity contribution is -0.123. The van der Waals surface area contributed by atoms with E-state index in [9.17, 15) is 14.4 Å². The first-order chi connectivity index (χ1) is 12.1. The number of ether oxygens (including phenoxy) is 1. The zero-order chi connectivity index (χ0) is 19.6. The van der Waals surface area contributed by atoms with E-state index < -0.39 is 18.0 Å². The van der Waals surface area contributed by atoms with Crippen LogP contribution in [0.4, 0.5) is 5.69 Å². The highest BCUT2D eigenvalue weighted by Crippen LogP contribution is 2.20. The van der Waals surface area contributed by atoms with E-state index in [1.54, 1.807) is 13.8 Å². The minimum Gasteiger partial charge on any atom is -0.448 e. The monoisotopic (exact) mass is 356 g/mol. The predicted octanol–water partition coefficient (Wildman–Crippen LogP) is 3.63. The highest BCUT2D eigenvalue weighted by atomic mass is 16.5. The smallest absolute Gasteiger partial charge is 0.355 e. The normalized spacial score (nSPS) is 11.8. The summed E-state index contributed by atoms with van der Waals surface area (Å²) in [7, 11) is 0. The van der Waals surface area contributed by atoms with Crippen molar-refractivity contribution in [2.24, 2.45) is 0 Å². The topological polar surface area (TPSA) is 88.3 Å². The second-order valence-electron chi connectivity index (χ2n) is 6.54. The summed E-state index contributed by atoms with van der Waals surface area (Å²) < 4.78 is 5.27. The number of amides is 1. The van der Waals surface area contributed by atoms with Gasteiger partial charge in [-0.25, -0.2) is 4.79 Å². The lowest BCUT2D eigenvalue weighted by Gasteiger charge is -2.15. The molecule has 2 rings (SSSR count). The van der Waals surface area contributed by atoms with E-state index in [1.807, 2.05) is 32.0 Å². The molecule has 2 N–H and O–H groups in total. The van der Waals surface area contributed by atoms with Gasteiger partial charge in [0.25, 0.3) is 5.91 Å². The fraction of sp³-hybridized carbons (Fsp3) is 0.350. The molecule has 1 aromatic carbocycles. The number of H-pyrrole nitrogens is 1. The van der Waals surface area contributed by atoms with Crippen LogP contribution in [0.1, 0.15) is 57.1 Å². The Morgan fingerprint density at radius 1 is 1.12 bits per heavy atom. The van der Waals surface area contributed by atoms with Gasteiger partial charge in [-0.1, -0.05) is 17.7 Å². The van der Waals surface area contributed by atoms with E-state index >= 15 is 0 Å². The van der Waals surface area contributed by atoms with Crippen molar-refractivity contribution in [2.75, 3.05) is 5.32 Å². The van der Waals surface area contributed by atoms with Crippen LogP contribution in [-0.4, -0.2) is 28.7 Å². The SMILES string of the molecule is CC(=O)c1c(C)[nH]c(C(=O)OC(C)C(=O)Nc2ccc(C)cc2C)c1C. The van der Waals surface area contributed by atoms with Gasteiger partial charge in [0.15, 0.2) is 11.9 Å². The maximum atomic E-state index is 12.4. The van der Waals surface area contributed by atoms with Gasteiger partial charge in [0.05, 0.1) is 0 Å². The van der Waals surface area contributed by atoms with Crippen LogP contribution in [0.25, 0.3) is 0 Å². The average molecular weight is 356 g/mol. The van der Waals surface area contributed by atoms with Crippen LogP contribution in [0, 0.1) is 27.7 Å². The number of carbonyl (C=O) groups is 3. The number of hydrogen-bond donors (Lipinski definition) is 2. The summed E-state index contributed by atoms with van der Waals surface area (Å²) >= 11 is 0. The van der Waals surface area contributed by atoms with Crippen molar-refractivity contribution in [3.05, 3.63) is 51.8 Å². The number of nitrogens with one attached hydrogen (secondary N) is 2. The number of carbonyl (C=O) groups excluding carboxylic acids is 3. The summed E-state index contributed by atoms with van der Waals surface area (Å²) in [6, 6.07) is 5.67.